The van der Waals surface area contributed by atoms with Crippen LogP contribution in [0.3, 0.4) is 0 Å². The van der Waals surface area contributed by atoms with Crippen LogP contribution in [0.4, 0.5) is 0 Å². The lowest BCUT2D eigenvalue weighted by atomic mass is 10.2. The molecule has 120 valence electrons. The molecule has 23 heavy (non-hydrogen) atoms. The van der Waals surface area contributed by atoms with Gasteiger partial charge in [-0.1, -0.05) is 42.5 Å². The summed E-state index contributed by atoms with van der Waals surface area (Å²) in [5.41, 5.74) is 1.71. The number of carboxylic acids is 1. The van der Waals surface area contributed by atoms with Crippen LogP contribution in [0, 0.1) is 0 Å². The zero-order chi connectivity index (χ0) is 16.7. The molecule has 0 saturated heterocycles. The molecular weight excluding hydrogens is 314 g/mol. The molecular formula is C17H17NO4S. The number of benzene rings is 2. The number of thiocarbonyl (C=S) groups is 1. The van der Waals surface area contributed by atoms with Crippen molar-refractivity contribution in [3.8, 4) is 11.5 Å². The second-order valence-corrected chi connectivity index (χ2v) is 5.12. The van der Waals surface area contributed by atoms with Crippen molar-refractivity contribution in [2.24, 2.45) is 0 Å². The Bertz CT molecular complexity index is 688. The second-order valence-electron chi connectivity index (χ2n) is 4.72. The Labute approximate surface area is 139 Å². The van der Waals surface area contributed by atoms with E-state index in [0.717, 1.165) is 5.56 Å². The van der Waals surface area contributed by atoms with Gasteiger partial charge in [-0.3, -0.25) is 4.79 Å². The molecule has 0 saturated carbocycles. The van der Waals surface area contributed by atoms with Gasteiger partial charge < -0.3 is 19.9 Å². The predicted molar refractivity (Wildman–Crippen MR) is 91.1 cm³/mol. The number of carbonyl (C=O) groups is 1. The molecule has 6 heteroatoms. The SMILES string of the molecule is COc1ccc(C(=S)NCC(=O)O)cc1OCc1ccccc1. The fourth-order valence-corrected chi connectivity index (χ4v) is 2.12. The molecule has 0 radical (unpaired) electrons. The maximum atomic E-state index is 10.6. The van der Waals surface area contributed by atoms with E-state index in [1.54, 1.807) is 25.3 Å². The Morgan fingerprint density at radius 3 is 2.57 bits per heavy atom. The van der Waals surface area contributed by atoms with Gasteiger partial charge in [-0.15, -0.1) is 0 Å². The van der Waals surface area contributed by atoms with E-state index in [4.69, 9.17) is 26.8 Å². The molecule has 2 N–H and O–H groups in total. The van der Waals surface area contributed by atoms with Gasteiger partial charge in [-0.25, -0.2) is 0 Å². The van der Waals surface area contributed by atoms with Gasteiger partial charge in [0.15, 0.2) is 11.5 Å². The zero-order valence-corrected chi connectivity index (χ0v) is 13.4. The van der Waals surface area contributed by atoms with Crippen molar-refractivity contribution in [3.05, 3.63) is 59.7 Å². The van der Waals surface area contributed by atoms with E-state index in [2.05, 4.69) is 5.32 Å². The molecule has 0 atom stereocenters. The van der Waals surface area contributed by atoms with Gasteiger partial charge in [-0.2, -0.15) is 0 Å². The van der Waals surface area contributed by atoms with Crippen LogP contribution >= 0.6 is 12.2 Å². The van der Waals surface area contributed by atoms with Crippen LogP contribution in [0.25, 0.3) is 0 Å². The Morgan fingerprint density at radius 1 is 1.17 bits per heavy atom. The minimum atomic E-state index is -0.971. The first-order chi connectivity index (χ1) is 11.1. The highest BCUT2D eigenvalue weighted by Crippen LogP contribution is 2.29. The standard InChI is InChI=1S/C17H17NO4S/c1-21-14-8-7-13(17(23)18-10-16(19)20)9-15(14)22-11-12-5-3-2-4-6-12/h2-9H,10-11H2,1H3,(H,18,23)(H,19,20). The third-order valence-electron chi connectivity index (χ3n) is 3.06. The highest BCUT2D eigenvalue weighted by molar-refractivity contribution is 7.80. The summed E-state index contributed by atoms with van der Waals surface area (Å²) in [5, 5.41) is 11.4. The molecule has 5 nitrogen and oxygen atoms in total. The fourth-order valence-electron chi connectivity index (χ4n) is 1.92. The third-order valence-corrected chi connectivity index (χ3v) is 3.44. The summed E-state index contributed by atoms with van der Waals surface area (Å²) >= 11 is 5.18. The molecule has 0 heterocycles. The molecule has 2 aromatic rings. The van der Waals surface area contributed by atoms with Crippen molar-refractivity contribution in [1.29, 1.82) is 0 Å². The van der Waals surface area contributed by atoms with Crippen molar-refractivity contribution in [2.45, 2.75) is 6.61 Å². The molecule has 0 amide bonds. The lowest BCUT2D eigenvalue weighted by Crippen LogP contribution is -2.28. The topological polar surface area (TPSA) is 67.8 Å². The van der Waals surface area contributed by atoms with E-state index < -0.39 is 5.97 Å². The summed E-state index contributed by atoms with van der Waals surface area (Å²) in [6.45, 7) is 0.168. The Kier molecular flexibility index (Phi) is 5.94. The van der Waals surface area contributed by atoms with E-state index >= 15 is 0 Å². The van der Waals surface area contributed by atoms with Crippen molar-refractivity contribution in [3.63, 3.8) is 0 Å². The monoisotopic (exact) mass is 331 g/mol. The van der Waals surface area contributed by atoms with E-state index in [1.807, 2.05) is 30.3 Å². The van der Waals surface area contributed by atoms with Crippen molar-refractivity contribution < 1.29 is 19.4 Å². The number of carboxylic acid groups (broad SMARTS) is 1. The summed E-state index contributed by atoms with van der Waals surface area (Å²) in [5.74, 6) is 0.167. The maximum absolute atomic E-state index is 10.6. The molecule has 0 aromatic heterocycles. The van der Waals surface area contributed by atoms with Crippen LogP contribution in [0.15, 0.2) is 48.5 Å². The van der Waals surface area contributed by atoms with Crippen LogP contribution in [0.2, 0.25) is 0 Å². The second kappa shape index (κ2) is 8.14. The molecule has 0 spiro atoms. The number of rotatable bonds is 7. The number of hydrogen-bond acceptors (Lipinski definition) is 4. The van der Waals surface area contributed by atoms with Crippen LogP contribution in [-0.4, -0.2) is 29.7 Å². The molecule has 0 bridgehead atoms. The smallest absolute Gasteiger partial charge is 0.322 e. The van der Waals surface area contributed by atoms with Crippen LogP contribution < -0.4 is 14.8 Å². The molecule has 0 aliphatic carbocycles. The number of aliphatic carboxylic acids is 1. The minimum Gasteiger partial charge on any atom is -0.493 e. The Hall–Kier alpha value is -2.60. The van der Waals surface area contributed by atoms with Gasteiger partial charge in [0, 0.05) is 5.56 Å². The molecule has 0 aliphatic rings. The zero-order valence-electron chi connectivity index (χ0n) is 12.6. The van der Waals surface area contributed by atoms with Crippen LogP contribution in [0.5, 0.6) is 11.5 Å². The molecule has 0 fully saturated rings. The first-order valence-electron chi connectivity index (χ1n) is 6.95. The lowest BCUT2D eigenvalue weighted by Gasteiger charge is -2.13. The fraction of sp³-hybridized carbons (Fsp3) is 0.176. The molecule has 0 unspecified atom stereocenters. The van der Waals surface area contributed by atoms with Gasteiger partial charge in [0.05, 0.1) is 7.11 Å². The number of methoxy groups -OCH3 is 1. The average Bonchev–Trinajstić information content (AvgIpc) is 2.58. The number of hydrogen-bond donors (Lipinski definition) is 2. The lowest BCUT2D eigenvalue weighted by molar-refractivity contribution is -0.135. The van der Waals surface area contributed by atoms with Crippen molar-refractivity contribution in [1.82, 2.24) is 5.32 Å². The molecule has 2 aromatic carbocycles. The van der Waals surface area contributed by atoms with E-state index in [-0.39, 0.29) is 6.54 Å². The highest BCUT2D eigenvalue weighted by atomic mass is 32.1. The molecule has 2 rings (SSSR count). The first kappa shape index (κ1) is 16.8. The van der Waals surface area contributed by atoms with Gasteiger partial charge in [0.25, 0.3) is 0 Å². The Morgan fingerprint density at radius 2 is 1.91 bits per heavy atom. The summed E-state index contributed by atoms with van der Waals surface area (Å²) in [7, 11) is 1.56. The quantitative estimate of drug-likeness (QED) is 0.760. The van der Waals surface area contributed by atoms with Crippen LogP contribution in [-0.2, 0) is 11.4 Å². The minimum absolute atomic E-state index is 0.231. The van der Waals surface area contributed by atoms with E-state index in [0.29, 0.717) is 28.7 Å². The molecule has 0 aliphatic heterocycles. The van der Waals surface area contributed by atoms with Crippen molar-refractivity contribution >= 4 is 23.2 Å². The van der Waals surface area contributed by atoms with Crippen molar-refractivity contribution in [2.75, 3.05) is 13.7 Å². The average molecular weight is 331 g/mol. The number of nitrogens with one attached hydrogen (secondary N) is 1. The highest BCUT2D eigenvalue weighted by Gasteiger charge is 2.10. The first-order valence-corrected chi connectivity index (χ1v) is 7.35. The summed E-state index contributed by atoms with van der Waals surface area (Å²) in [4.78, 5) is 10.9. The Balaban J connectivity index is 2.12. The summed E-state index contributed by atoms with van der Waals surface area (Å²) in [6.07, 6.45) is 0. The summed E-state index contributed by atoms with van der Waals surface area (Å²) in [6, 6.07) is 15.0. The van der Waals surface area contributed by atoms with Gasteiger partial charge in [0.1, 0.15) is 18.1 Å². The van der Waals surface area contributed by atoms with Gasteiger partial charge in [0.2, 0.25) is 0 Å². The number of ether oxygens (including phenoxy) is 2. The summed E-state index contributed by atoms with van der Waals surface area (Å²) < 4.78 is 11.1. The maximum Gasteiger partial charge on any atom is 0.322 e. The van der Waals surface area contributed by atoms with Gasteiger partial charge in [-0.05, 0) is 23.8 Å². The normalized spacial score (nSPS) is 9.96. The van der Waals surface area contributed by atoms with E-state index in [9.17, 15) is 4.79 Å². The third kappa shape index (κ3) is 4.96. The van der Waals surface area contributed by atoms with E-state index in [1.165, 1.54) is 0 Å². The van der Waals surface area contributed by atoms with Crippen LogP contribution in [0.1, 0.15) is 11.1 Å². The predicted octanol–water partition coefficient (Wildman–Crippen LogP) is 2.62. The largest absolute Gasteiger partial charge is 0.493 e. The van der Waals surface area contributed by atoms with Gasteiger partial charge >= 0.3 is 5.97 Å².